The average Bonchev–Trinajstić information content (AvgIpc) is 2.95. The van der Waals surface area contributed by atoms with Gasteiger partial charge < -0.3 is 14.9 Å². The van der Waals surface area contributed by atoms with Gasteiger partial charge in [-0.3, -0.25) is 9.59 Å². The Morgan fingerprint density at radius 1 is 0.868 bits per heavy atom. The Labute approximate surface area is 227 Å². The quantitative estimate of drug-likeness (QED) is 0.272. The first-order valence-electron chi connectivity index (χ1n) is 13.0. The summed E-state index contributed by atoms with van der Waals surface area (Å²) in [5, 5.41) is 10.6. The number of carbonyl (C=O) groups is 2. The molecular formula is C31H30ClN3O3. The van der Waals surface area contributed by atoms with Gasteiger partial charge in [-0.05, 0) is 73.4 Å². The minimum atomic E-state index is -0.785. The lowest BCUT2D eigenvalue weighted by Gasteiger charge is -2.36. The first-order valence-corrected chi connectivity index (χ1v) is 13.4. The van der Waals surface area contributed by atoms with Crippen LogP contribution in [0.4, 0.5) is 5.69 Å². The Bertz CT molecular complexity index is 1430. The van der Waals surface area contributed by atoms with Crippen molar-refractivity contribution in [3.05, 3.63) is 95.0 Å². The number of pyridine rings is 1. The molecular weight excluding hydrogens is 498 g/mol. The summed E-state index contributed by atoms with van der Waals surface area (Å²) < 4.78 is 0. The molecule has 38 heavy (non-hydrogen) atoms. The second kappa shape index (κ2) is 11.7. The van der Waals surface area contributed by atoms with Gasteiger partial charge in [0.1, 0.15) is 0 Å². The topological polar surface area (TPSA) is 73.7 Å². The summed E-state index contributed by atoms with van der Waals surface area (Å²) in [4.78, 5) is 33.5. The smallest absolute Gasteiger partial charge is 0.303 e. The summed E-state index contributed by atoms with van der Waals surface area (Å²) in [6.45, 7) is 2.95. The number of hydrogen-bond donors (Lipinski definition) is 1. The molecule has 0 unspecified atom stereocenters. The molecule has 0 aliphatic carbocycles. The van der Waals surface area contributed by atoms with Gasteiger partial charge in [-0.25, -0.2) is 4.98 Å². The number of anilines is 1. The molecule has 1 aromatic heterocycles. The van der Waals surface area contributed by atoms with Gasteiger partial charge in [-0.15, -0.1) is 0 Å². The van der Waals surface area contributed by atoms with Gasteiger partial charge in [0.15, 0.2) is 0 Å². The average molecular weight is 528 g/mol. The van der Waals surface area contributed by atoms with E-state index in [-0.39, 0.29) is 12.3 Å². The van der Waals surface area contributed by atoms with Crippen molar-refractivity contribution in [3.8, 4) is 11.3 Å². The van der Waals surface area contributed by atoms with Crippen LogP contribution in [0.3, 0.4) is 0 Å². The van der Waals surface area contributed by atoms with E-state index in [0.717, 1.165) is 47.2 Å². The molecule has 1 amide bonds. The van der Waals surface area contributed by atoms with Crippen LogP contribution in [0, 0.1) is 0 Å². The Morgan fingerprint density at radius 2 is 1.61 bits per heavy atom. The van der Waals surface area contributed by atoms with Crippen molar-refractivity contribution >= 4 is 40.1 Å². The molecule has 1 aliphatic heterocycles. The number of benzene rings is 3. The molecule has 0 radical (unpaired) electrons. The van der Waals surface area contributed by atoms with E-state index in [1.165, 1.54) is 5.69 Å². The summed E-state index contributed by atoms with van der Waals surface area (Å²) in [5.41, 5.74) is 5.51. The summed E-state index contributed by atoms with van der Waals surface area (Å²) in [6.07, 6.45) is 2.19. The summed E-state index contributed by atoms with van der Waals surface area (Å²) in [7, 11) is 0. The number of para-hydroxylation sites is 1. The van der Waals surface area contributed by atoms with Gasteiger partial charge in [0.05, 0.1) is 11.2 Å². The van der Waals surface area contributed by atoms with Gasteiger partial charge in [-0.2, -0.15) is 0 Å². The number of unbranched alkanes of at least 4 members (excludes halogenated alkanes) is 1. The molecule has 6 nitrogen and oxygen atoms in total. The molecule has 0 saturated carbocycles. The molecule has 5 rings (SSSR count). The summed E-state index contributed by atoms with van der Waals surface area (Å²) in [6, 6.07) is 25.7. The highest BCUT2D eigenvalue weighted by Gasteiger charge is 2.23. The van der Waals surface area contributed by atoms with E-state index in [1.54, 1.807) is 0 Å². The standard InChI is InChI=1S/C31H30ClN3O3/c32-26-13-10-22(11-14-26)30-23(6-4-5-9-29(36)37)20-25-21-24(12-15-28(25)33-30)31(38)35-18-16-34(17-19-35)27-7-2-1-3-8-27/h1-3,7-8,10-15,20-21H,4-6,9,16-19H2,(H,36,37). The maximum Gasteiger partial charge on any atom is 0.303 e. The zero-order valence-corrected chi connectivity index (χ0v) is 21.9. The van der Waals surface area contributed by atoms with E-state index in [2.05, 4.69) is 23.1 Å². The third-order valence-corrected chi connectivity index (χ3v) is 7.29. The molecule has 4 aromatic rings. The van der Waals surface area contributed by atoms with Crippen LogP contribution < -0.4 is 4.90 Å². The number of nitrogens with zero attached hydrogens (tertiary/aromatic N) is 3. The molecule has 1 fully saturated rings. The van der Waals surface area contributed by atoms with Crippen molar-refractivity contribution in [1.29, 1.82) is 0 Å². The van der Waals surface area contributed by atoms with E-state index in [0.29, 0.717) is 36.5 Å². The van der Waals surface area contributed by atoms with Gasteiger partial charge in [0.2, 0.25) is 0 Å². The Kier molecular flexibility index (Phi) is 7.89. The van der Waals surface area contributed by atoms with Crippen LogP contribution in [0.25, 0.3) is 22.2 Å². The highest BCUT2D eigenvalue weighted by molar-refractivity contribution is 6.30. The summed E-state index contributed by atoms with van der Waals surface area (Å²) >= 11 is 6.10. The van der Waals surface area contributed by atoms with E-state index >= 15 is 0 Å². The Morgan fingerprint density at radius 3 is 2.32 bits per heavy atom. The van der Waals surface area contributed by atoms with E-state index in [4.69, 9.17) is 21.7 Å². The lowest BCUT2D eigenvalue weighted by molar-refractivity contribution is -0.137. The first kappa shape index (κ1) is 25.7. The van der Waals surface area contributed by atoms with Gasteiger partial charge in [0, 0.05) is 59.8 Å². The minimum absolute atomic E-state index is 0.0318. The molecule has 3 aromatic carbocycles. The van der Waals surface area contributed by atoms with Crippen molar-refractivity contribution < 1.29 is 14.7 Å². The predicted molar refractivity (Wildman–Crippen MR) is 152 cm³/mol. The lowest BCUT2D eigenvalue weighted by Crippen LogP contribution is -2.48. The van der Waals surface area contributed by atoms with Crippen LogP contribution in [-0.4, -0.2) is 53.0 Å². The Balaban J connectivity index is 1.37. The Hall–Kier alpha value is -3.90. The molecule has 0 bridgehead atoms. The fourth-order valence-electron chi connectivity index (χ4n) is 4.98. The number of aryl methyl sites for hydroxylation is 1. The number of carboxylic acids is 1. The van der Waals surface area contributed by atoms with Crippen molar-refractivity contribution in [2.75, 3.05) is 31.1 Å². The minimum Gasteiger partial charge on any atom is -0.481 e. The fraction of sp³-hybridized carbons (Fsp3) is 0.258. The van der Waals surface area contributed by atoms with Gasteiger partial charge in [0.25, 0.3) is 5.91 Å². The number of carboxylic acid groups (broad SMARTS) is 1. The monoisotopic (exact) mass is 527 g/mol. The van der Waals surface area contributed by atoms with Crippen molar-refractivity contribution in [2.45, 2.75) is 25.7 Å². The lowest BCUT2D eigenvalue weighted by atomic mass is 9.98. The number of rotatable bonds is 8. The van der Waals surface area contributed by atoms with Crippen LogP contribution in [0.5, 0.6) is 0 Å². The number of aliphatic carboxylic acids is 1. The number of aromatic nitrogens is 1. The number of halogens is 1. The maximum absolute atomic E-state index is 13.4. The zero-order valence-electron chi connectivity index (χ0n) is 21.1. The largest absolute Gasteiger partial charge is 0.481 e. The molecule has 2 heterocycles. The predicted octanol–water partition coefficient (Wildman–Crippen LogP) is 6.32. The normalized spacial score (nSPS) is 13.6. The number of amides is 1. The second-order valence-electron chi connectivity index (χ2n) is 9.63. The van der Waals surface area contributed by atoms with Crippen LogP contribution in [0.2, 0.25) is 5.02 Å². The fourth-order valence-corrected chi connectivity index (χ4v) is 5.11. The van der Waals surface area contributed by atoms with Crippen LogP contribution in [-0.2, 0) is 11.2 Å². The molecule has 7 heteroatoms. The summed E-state index contributed by atoms with van der Waals surface area (Å²) in [5.74, 6) is -0.753. The third kappa shape index (κ3) is 5.97. The van der Waals surface area contributed by atoms with E-state index in [1.807, 2.05) is 65.6 Å². The second-order valence-corrected chi connectivity index (χ2v) is 10.1. The van der Waals surface area contributed by atoms with Crippen molar-refractivity contribution in [2.24, 2.45) is 0 Å². The number of fused-ring (bicyclic) bond motifs is 1. The number of hydrogen-bond acceptors (Lipinski definition) is 4. The molecule has 194 valence electrons. The van der Waals surface area contributed by atoms with E-state index < -0.39 is 5.97 Å². The molecule has 0 spiro atoms. The van der Waals surface area contributed by atoms with Crippen LogP contribution in [0.15, 0.2) is 78.9 Å². The molecule has 1 N–H and O–H groups in total. The van der Waals surface area contributed by atoms with Gasteiger partial charge in [-0.1, -0.05) is 41.9 Å². The first-order chi connectivity index (χ1) is 18.5. The van der Waals surface area contributed by atoms with Crippen molar-refractivity contribution in [3.63, 3.8) is 0 Å². The highest BCUT2D eigenvalue weighted by atomic mass is 35.5. The van der Waals surface area contributed by atoms with Crippen molar-refractivity contribution in [1.82, 2.24) is 9.88 Å². The highest BCUT2D eigenvalue weighted by Crippen LogP contribution is 2.29. The maximum atomic E-state index is 13.4. The van der Waals surface area contributed by atoms with Crippen LogP contribution in [0.1, 0.15) is 35.2 Å². The van der Waals surface area contributed by atoms with Crippen LogP contribution >= 0.6 is 11.6 Å². The third-order valence-electron chi connectivity index (χ3n) is 7.03. The number of piperazine rings is 1. The van der Waals surface area contributed by atoms with Gasteiger partial charge >= 0.3 is 5.97 Å². The number of carbonyl (C=O) groups excluding carboxylic acids is 1. The molecule has 1 saturated heterocycles. The molecule has 0 atom stereocenters. The zero-order chi connectivity index (χ0) is 26.5. The van der Waals surface area contributed by atoms with E-state index in [9.17, 15) is 9.59 Å². The molecule has 1 aliphatic rings. The SMILES string of the molecule is O=C(O)CCCCc1cc2cc(C(=O)N3CCN(c4ccccc4)CC3)ccc2nc1-c1ccc(Cl)cc1.